The van der Waals surface area contributed by atoms with Gasteiger partial charge in [-0.3, -0.25) is 0 Å². The van der Waals surface area contributed by atoms with Gasteiger partial charge in [0.05, 0.1) is 0 Å². The molecule has 0 aliphatic rings. The Morgan fingerprint density at radius 2 is 1.85 bits per heavy atom. The molecule has 0 aliphatic carbocycles. The molecule has 0 aromatic heterocycles. The Bertz CT molecular complexity index is 282. The predicted molar refractivity (Wildman–Crippen MR) is 55.3 cm³/mol. The third-order valence-electron chi connectivity index (χ3n) is 1.96. The maximum Gasteiger partial charge on any atom is 0.115 e. The minimum Gasteiger partial charge on any atom is -0.508 e. The van der Waals surface area contributed by atoms with Crippen LogP contribution in [0.1, 0.15) is 32.3 Å². The first-order valence-corrected chi connectivity index (χ1v) is 4.67. The molecule has 0 bridgehead atoms. The number of allylic oxidation sites excluding steroid dienone is 2. The molecule has 0 fully saturated rings. The average molecular weight is 175 g/mol. The van der Waals surface area contributed by atoms with Gasteiger partial charge in [0.15, 0.2) is 0 Å². The standard InChI is InChI=1S/C12H15O/c1-3-5-10(4-2)11-6-8-12(13)9-7-11/h6-9,13H,3-4H2,1-2H3. The summed E-state index contributed by atoms with van der Waals surface area (Å²) in [6, 6.07) is 7.28. The molecule has 0 saturated carbocycles. The quantitative estimate of drug-likeness (QED) is 0.746. The van der Waals surface area contributed by atoms with Crippen LogP contribution in [0.25, 0.3) is 5.57 Å². The Kier molecular flexibility index (Phi) is 3.56. The lowest BCUT2D eigenvalue weighted by molar-refractivity contribution is 0.475. The minimum atomic E-state index is 0.315. The van der Waals surface area contributed by atoms with Crippen LogP contribution in [0.15, 0.2) is 24.3 Å². The van der Waals surface area contributed by atoms with Gasteiger partial charge in [-0.25, -0.2) is 0 Å². The van der Waals surface area contributed by atoms with Crippen molar-refractivity contribution in [3.63, 3.8) is 0 Å². The van der Waals surface area contributed by atoms with E-state index < -0.39 is 0 Å². The number of rotatable bonds is 3. The van der Waals surface area contributed by atoms with Crippen molar-refractivity contribution in [3.8, 4) is 5.75 Å². The molecular formula is C12H15O. The molecule has 69 valence electrons. The second-order valence-corrected chi connectivity index (χ2v) is 2.91. The smallest absolute Gasteiger partial charge is 0.115 e. The summed E-state index contributed by atoms with van der Waals surface area (Å²) in [7, 11) is 0. The van der Waals surface area contributed by atoms with Crippen molar-refractivity contribution in [3.05, 3.63) is 35.9 Å². The topological polar surface area (TPSA) is 20.2 Å². The fourth-order valence-corrected chi connectivity index (χ4v) is 1.31. The van der Waals surface area contributed by atoms with Gasteiger partial charge in [0, 0.05) is 0 Å². The van der Waals surface area contributed by atoms with Crippen molar-refractivity contribution in [1.82, 2.24) is 0 Å². The molecule has 1 rings (SSSR count). The van der Waals surface area contributed by atoms with E-state index in [1.165, 1.54) is 5.57 Å². The molecule has 0 heterocycles. The molecule has 1 radical (unpaired) electrons. The number of hydrogen-bond donors (Lipinski definition) is 1. The number of phenolic OH excluding ortho intramolecular Hbond substituents is 1. The van der Waals surface area contributed by atoms with E-state index in [0.29, 0.717) is 5.75 Å². The number of hydrogen-bond acceptors (Lipinski definition) is 1. The lowest BCUT2D eigenvalue weighted by Gasteiger charge is -2.03. The molecule has 0 atom stereocenters. The predicted octanol–water partition coefficient (Wildman–Crippen LogP) is 3.40. The van der Waals surface area contributed by atoms with Crippen LogP contribution in [-0.4, -0.2) is 5.11 Å². The van der Waals surface area contributed by atoms with E-state index in [4.69, 9.17) is 5.11 Å². The van der Waals surface area contributed by atoms with Crippen molar-refractivity contribution < 1.29 is 5.11 Å². The van der Waals surface area contributed by atoms with Crippen molar-refractivity contribution in [2.45, 2.75) is 26.7 Å². The van der Waals surface area contributed by atoms with E-state index >= 15 is 0 Å². The van der Waals surface area contributed by atoms with Crippen LogP contribution in [0, 0.1) is 6.08 Å². The van der Waals surface area contributed by atoms with Crippen molar-refractivity contribution >= 4 is 5.57 Å². The van der Waals surface area contributed by atoms with Crippen LogP contribution in [-0.2, 0) is 0 Å². The van der Waals surface area contributed by atoms with Crippen LogP contribution >= 0.6 is 0 Å². The third kappa shape index (κ3) is 2.62. The van der Waals surface area contributed by atoms with Crippen LogP contribution in [0.5, 0.6) is 5.75 Å². The fraction of sp³-hybridized carbons (Fsp3) is 0.333. The van der Waals surface area contributed by atoms with E-state index in [-0.39, 0.29) is 0 Å². The molecule has 1 aromatic rings. The number of aromatic hydroxyl groups is 1. The van der Waals surface area contributed by atoms with Crippen molar-refractivity contribution in [2.75, 3.05) is 0 Å². The van der Waals surface area contributed by atoms with E-state index in [9.17, 15) is 0 Å². The lowest BCUT2D eigenvalue weighted by atomic mass is 10.0. The zero-order valence-electron chi connectivity index (χ0n) is 8.17. The summed E-state index contributed by atoms with van der Waals surface area (Å²) < 4.78 is 0. The van der Waals surface area contributed by atoms with E-state index in [1.807, 2.05) is 12.1 Å². The highest BCUT2D eigenvalue weighted by Gasteiger charge is 1.97. The molecule has 0 saturated heterocycles. The lowest BCUT2D eigenvalue weighted by Crippen LogP contribution is -1.82. The van der Waals surface area contributed by atoms with E-state index in [2.05, 4.69) is 19.9 Å². The Morgan fingerprint density at radius 3 is 2.31 bits per heavy atom. The zero-order chi connectivity index (χ0) is 9.68. The summed E-state index contributed by atoms with van der Waals surface area (Å²) in [5, 5.41) is 9.11. The average Bonchev–Trinajstić information content (AvgIpc) is 2.16. The van der Waals surface area contributed by atoms with E-state index in [0.717, 1.165) is 18.4 Å². The molecule has 1 heteroatoms. The molecule has 0 amide bonds. The molecular weight excluding hydrogens is 160 g/mol. The van der Waals surface area contributed by atoms with Crippen molar-refractivity contribution in [1.29, 1.82) is 0 Å². The Labute approximate surface area is 79.7 Å². The van der Waals surface area contributed by atoms with Gasteiger partial charge in [0.1, 0.15) is 5.75 Å². The largest absolute Gasteiger partial charge is 0.508 e. The van der Waals surface area contributed by atoms with Gasteiger partial charge >= 0.3 is 0 Å². The molecule has 0 spiro atoms. The first-order chi connectivity index (χ1) is 6.27. The first-order valence-electron chi connectivity index (χ1n) is 4.67. The Balaban J connectivity index is 2.92. The maximum atomic E-state index is 9.11. The summed E-state index contributed by atoms with van der Waals surface area (Å²) in [6.45, 7) is 4.20. The molecule has 1 nitrogen and oxygen atoms in total. The molecule has 1 N–H and O–H groups in total. The number of benzene rings is 1. The Hall–Kier alpha value is -1.24. The Morgan fingerprint density at radius 1 is 1.23 bits per heavy atom. The highest BCUT2D eigenvalue weighted by Crippen LogP contribution is 2.20. The van der Waals surface area contributed by atoms with Gasteiger partial charge in [-0.05, 0) is 42.2 Å². The summed E-state index contributed by atoms with van der Waals surface area (Å²) in [6.07, 6.45) is 5.22. The van der Waals surface area contributed by atoms with Gasteiger partial charge in [-0.15, -0.1) is 0 Å². The fourth-order valence-electron chi connectivity index (χ4n) is 1.31. The summed E-state index contributed by atoms with van der Waals surface area (Å²) in [4.78, 5) is 0. The molecule has 0 unspecified atom stereocenters. The second kappa shape index (κ2) is 4.70. The van der Waals surface area contributed by atoms with Gasteiger partial charge in [-0.1, -0.05) is 26.0 Å². The van der Waals surface area contributed by atoms with Gasteiger partial charge in [0.2, 0.25) is 0 Å². The van der Waals surface area contributed by atoms with E-state index in [1.54, 1.807) is 12.1 Å². The van der Waals surface area contributed by atoms with Crippen LogP contribution in [0.4, 0.5) is 0 Å². The molecule has 1 aromatic carbocycles. The second-order valence-electron chi connectivity index (χ2n) is 2.91. The SMILES string of the molecule is CC/[C]=C(/CC)c1ccc(O)cc1. The summed E-state index contributed by atoms with van der Waals surface area (Å²) in [5.41, 5.74) is 2.38. The van der Waals surface area contributed by atoms with Gasteiger partial charge in [0.25, 0.3) is 0 Å². The monoisotopic (exact) mass is 175 g/mol. The van der Waals surface area contributed by atoms with Gasteiger partial charge in [-0.2, -0.15) is 0 Å². The van der Waals surface area contributed by atoms with Crippen molar-refractivity contribution in [2.24, 2.45) is 0 Å². The third-order valence-corrected chi connectivity index (χ3v) is 1.96. The zero-order valence-corrected chi connectivity index (χ0v) is 8.17. The maximum absolute atomic E-state index is 9.11. The normalized spacial score (nSPS) is 11.7. The summed E-state index contributed by atoms with van der Waals surface area (Å²) >= 11 is 0. The summed E-state index contributed by atoms with van der Waals surface area (Å²) in [5.74, 6) is 0.315. The van der Waals surface area contributed by atoms with Crippen LogP contribution in [0.3, 0.4) is 0 Å². The van der Waals surface area contributed by atoms with Gasteiger partial charge < -0.3 is 5.11 Å². The van der Waals surface area contributed by atoms with Crippen LogP contribution in [0.2, 0.25) is 0 Å². The molecule has 13 heavy (non-hydrogen) atoms. The first kappa shape index (κ1) is 9.85. The molecule has 0 aliphatic heterocycles. The number of phenols is 1. The highest BCUT2D eigenvalue weighted by atomic mass is 16.3. The van der Waals surface area contributed by atoms with Crippen LogP contribution < -0.4 is 0 Å². The highest BCUT2D eigenvalue weighted by molar-refractivity contribution is 5.63. The minimum absolute atomic E-state index is 0.315.